The average molecular weight is 434 g/mol. The highest BCUT2D eigenvalue weighted by molar-refractivity contribution is 5.88. The predicted molar refractivity (Wildman–Crippen MR) is 118 cm³/mol. The lowest BCUT2D eigenvalue weighted by molar-refractivity contribution is 0.259. The molecule has 1 aromatic heterocycles. The maximum absolute atomic E-state index is 11.1. The van der Waals surface area contributed by atoms with Crippen LogP contribution in [0.25, 0.3) is 22.3 Å². The van der Waals surface area contributed by atoms with E-state index in [2.05, 4.69) is 0 Å². The molecule has 0 aliphatic carbocycles. The molecule has 4 aromatic rings. The third kappa shape index (κ3) is 4.00. The summed E-state index contributed by atoms with van der Waals surface area (Å²) >= 11 is 0. The molecule has 3 aromatic carbocycles. The molecule has 0 aliphatic heterocycles. The van der Waals surface area contributed by atoms with Gasteiger partial charge in [-0.05, 0) is 53.6 Å². The Labute approximate surface area is 184 Å². The number of rotatable bonds is 7. The van der Waals surface area contributed by atoms with Crippen molar-refractivity contribution in [3.8, 4) is 56.8 Å². The Hall–Kier alpha value is -4.26. The largest absolute Gasteiger partial charge is 0.508 e. The number of furan rings is 1. The van der Waals surface area contributed by atoms with E-state index < -0.39 is 0 Å². The molecule has 32 heavy (non-hydrogen) atoms. The van der Waals surface area contributed by atoms with Crippen LogP contribution >= 0.6 is 0 Å². The Morgan fingerprint density at radius 1 is 0.812 bits per heavy atom. The van der Waals surface area contributed by atoms with Crippen LogP contribution in [0.4, 0.5) is 0 Å². The monoisotopic (exact) mass is 434 g/mol. The van der Waals surface area contributed by atoms with Gasteiger partial charge in [-0.2, -0.15) is 0 Å². The van der Waals surface area contributed by atoms with Gasteiger partial charge in [0.25, 0.3) is 0 Å². The van der Waals surface area contributed by atoms with Crippen molar-refractivity contribution in [2.75, 3.05) is 14.2 Å². The maximum atomic E-state index is 11.1. The summed E-state index contributed by atoms with van der Waals surface area (Å²) in [4.78, 5) is 0. The molecule has 0 saturated carbocycles. The first-order chi connectivity index (χ1) is 15.5. The van der Waals surface area contributed by atoms with Gasteiger partial charge in [-0.25, -0.2) is 0 Å². The van der Waals surface area contributed by atoms with E-state index in [1.54, 1.807) is 60.9 Å². The fourth-order valence-electron chi connectivity index (χ4n) is 3.47. The molecule has 0 saturated heterocycles. The molecule has 164 valence electrons. The minimum Gasteiger partial charge on any atom is -0.508 e. The van der Waals surface area contributed by atoms with Gasteiger partial charge in [0.05, 0.1) is 26.0 Å². The van der Waals surface area contributed by atoms with Gasteiger partial charge in [0, 0.05) is 5.56 Å². The van der Waals surface area contributed by atoms with Crippen molar-refractivity contribution in [2.45, 2.75) is 6.61 Å². The first kappa shape index (κ1) is 21.0. The summed E-state index contributed by atoms with van der Waals surface area (Å²) in [6, 6.07) is 16.6. The zero-order valence-electron chi connectivity index (χ0n) is 17.5. The van der Waals surface area contributed by atoms with Gasteiger partial charge in [0.15, 0.2) is 23.0 Å². The van der Waals surface area contributed by atoms with E-state index in [0.29, 0.717) is 28.2 Å². The number of phenols is 3. The molecule has 1 heterocycles. The van der Waals surface area contributed by atoms with Crippen molar-refractivity contribution in [1.29, 1.82) is 0 Å². The number of hydrogen-bond donors (Lipinski definition) is 3. The molecule has 0 radical (unpaired) electrons. The molecular formula is C25H22O7. The van der Waals surface area contributed by atoms with E-state index in [0.717, 1.165) is 5.56 Å². The summed E-state index contributed by atoms with van der Waals surface area (Å²) in [5.41, 5.74) is 2.19. The lowest BCUT2D eigenvalue weighted by Crippen LogP contribution is -1.97. The van der Waals surface area contributed by atoms with Gasteiger partial charge in [-0.3, -0.25) is 0 Å². The van der Waals surface area contributed by atoms with Gasteiger partial charge in [-0.1, -0.05) is 18.2 Å². The second-order valence-corrected chi connectivity index (χ2v) is 6.98. The van der Waals surface area contributed by atoms with Crippen molar-refractivity contribution in [1.82, 2.24) is 0 Å². The Balaban J connectivity index is 1.74. The van der Waals surface area contributed by atoms with Crippen LogP contribution in [-0.2, 0) is 6.61 Å². The molecular weight excluding hydrogens is 412 g/mol. The van der Waals surface area contributed by atoms with Crippen molar-refractivity contribution < 1.29 is 33.9 Å². The van der Waals surface area contributed by atoms with Gasteiger partial charge < -0.3 is 33.9 Å². The maximum Gasteiger partial charge on any atom is 0.170 e. The minimum atomic E-state index is -0.140. The van der Waals surface area contributed by atoms with Gasteiger partial charge in [0.2, 0.25) is 0 Å². The Kier molecular flexibility index (Phi) is 5.81. The van der Waals surface area contributed by atoms with E-state index >= 15 is 0 Å². The predicted octanol–water partition coefficient (Wildman–Crippen LogP) is 5.33. The van der Waals surface area contributed by atoms with Crippen LogP contribution in [-0.4, -0.2) is 29.5 Å². The first-order valence-corrected chi connectivity index (χ1v) is 9.77. The Bertz CT molecular complexity index is 1210. The van der Waals surface area contributed by atoms with Crippen LogP contribution in [0.2, 0.25) is 0 Å². The lowest BCUT2D eigenvalue weighted by atomic mass is 9.96. The number of benzene rings is 3. The average Bonchev–Trinajstić information content (AvgIpc) is 3.32. The third-order valence-electron chi connectivity index (χ3n) is 5.02. The minimum absolute atomic E-state index is 0.0999. The third-order valence-corrected chi connectivity index (χ3v) is 5.02. The van der Waals surface area contributed by atoms with E-state index in [4.69, 9.17) is 18.6 Å². The summed E-state index contributed by atoms with van der Waals surface area (Å²) in [6.07, 6.45) is 1.55. The van der Waals surface area contributed by atoms with Crippen LogP contribution in [0, 0.1) is 0 Å². The number of phenolic OH excluding ortho intramolecular Hbond substituents is 3. The zero-order chi connectivity index (χ0) is 22.7. The fourth-order valence-corrected chi connectivity index (χ4v) is 3.47. The SMILES string of the molecule is COc1cc(-c2ccc(O)cc2)c(OC)c(O)c1-c1ccc(OCc2ccco2)c(O)c1. The molecule has 0 unspecified atom stereocenters. The van der Waals surface area contributed by atoms with Gasteiger partial charge in [0.1, 0.15) is 23.9 Å². The van der Waals surface area contributed by atoms with Gasteiger partial charge in [-0.15, -0.1) is 0 Å². The molecule has 0 bridgehead atoms. The number of aromatic hydroxyl groups is 3. The molecule has 7 nitrogen and oxygen atoms in total. The molecule has 0 atom stereocenters. The Morgan fingerprint density at radius 2 is 1.56 bits per heavy atom. The van der Waals surface area contributed by atoms with E-state index in [1.807, 2.05) is 0 Å². The standard InChI is InChI=1S/C25H22O7/c1-29-22-13-19(15-5-8-17(26)9-6-15)25(30-2)24(28)23(22)16-7-10-21(20(27)12-16)32-14-18-4-3-11-31-18/h3-13,26-28H,14H2,1-2H3. The molecule has 0 aliphatic rings. The van der Waals surface area contributed by atoms with Crippen molar-refractivity contribution in [3.63, 3.8) is 0 Å². The molecule has 0 spiro atoms. The van der Waals surface area contributed by atoms with E-state index in [1.165, 1.54) is 20.3 Å². The van der Waals surface area contributed by atoms with Crippen LogP contribution in [0.5, 0.6) is 34.5 Å². The molecule has 0 amide bonds. The highest BCUT2D eigenvalue weighted by atomic mass is 16.5. The van der Waals surface area contributed by atoms with Crippen LogP contribution < -0.4 is 14.2 Å². The topological polar surface area (TPSA) is 102 Å². The number of hydrogen-bond acceptors (Lipinski definition) is 7. The van der Waals surface area contributed by atoms with Gasteiger partial charge >= 0.3 is 0 Å². The molecule has 7 heteroatoms. The second-order valence-electron chi connectivity index (χ2n) is 6.98. The molecule has 3 N–H and O–H groups in total. The first-order valence-electron chi connectivity index (χ1n) is 9.77. The number of methoxy groups -OCH3 is 2. The highest BCUT2D eigenvalue weighted by Gasteiger charge is 2.22. The van der Waals surface area contributed by atoms with Crippen LogP contribution in [0.1, 0.15) is 5.76 Å². The van der Waals surface area contributed by atoms with Crippen molar-refractivity contribution in [2.24, 2.45) is 0 Å². The lowest BCUT2D eigenvalue weighted by Gasteiger charge is -2.18. The van der Waals surface area contributed by atoms with E-state index in [-0.39, 0.29) is 35.4 Å². The number of ether oxygens (including phenoxy) is 3. The highest BCUT2D eigenvalue weighted by Crippen LogP contribution is 2.50. The summed E-state index contributed by atoms with van der Waals surface area (Å²) in [6.45, 7) is 0.170. The molecule has 4 rings (SSSR count). The zero-order valence-corrected chi connectivity index (χ0v) is 17.5. The van der Waals surface area contributed by atoms with Crippen molar-refractivity contribution in [3.05, 3.63) is 72.7 Å². The second kappa shape index (κ2) is 8.85. The summed E-state index contributed by atoms with van der Waals surface area (Å²) in [5.74, 6) is 1.42. The summed E-state index contributed by atoms with van der Waals surface area (Å²) in [7, 11) is 2.95. The summed E-state index contributed by atoms with van der Waals surface area (Å²) in [5, 5.41) is 31.1. The van der Waals surface area contributed by atoms with Crippen LogP contribution in [0.3, 0.4) is 0 Å². The fraction of sp³-hybridized carbons (Fsp3) is 0.120. The van der Waals surface area contributed by atoms with Crippen LogP contribution in [0.15, 0.2) is 71.3 Å². The molecule has 0 fully saturated rings. The Morgan fingerprint density at radius 3 is 2.19 bits per heavy atom. The normalized spacial score (nSPS) is 10.7. The van der Waals surface area contributed by atoms with Crippen molar-refractivity contribution >= 4 is 0 Å². The quantitative estimate of drug-likeness (QED) is 0.361. The summed E-state index contributed by atoms with van der Waals surface area (Å²) < 4.78 is 21.9. The smallest absolute Gasteiger partial charge is 0.170 e. The van der Waals surface area contributed by atoms with E-state index in [9.17, 15) is 15.3 Å².